The average Bonchev–Trinajstić information content (AvgIpc) is 3.01. The van der Waals surface area contributed by atoms with Gasteiger partial charge in [-0.1, -0.05) is 38.1 Å². The molecular weight excluding hydrogens is 232 g/mol. The fourth-order valence-electron chi connectivity index (χ4n) is 3.74. The highest BCUT2D eigenvalue weighted by atomic mass is 15.2. The summed E-state index contributed by atoms with van der Waals surface area (Å²) in [5.74, 6) is 1.56. The first kappa shape index (κ1) is 13.1. The van der Waals surface area contributed by atoms with Gasteiger partial charge >= 0.3 is 0 Å². The predicted octanol–water partition coefficient (Wildman–Crippen LogP) is 3.29. The number of nitrogens with zero attached hydrogens (tertiary/aromatic N) is 1. The molecule has 0 spiro atoms. The number of likely N-dealkylation sites (tertiary alicyclic amines) is 1. The third kappa shape index (κ3) is 2.70. The van der Waals surface area contributed by atoms with Crippen molar-refractivity contribution in [2.45, 2.75) is 51.1 Å². The lowest BCUT2D eigenvalue weighted by atomic mass is 9.99. The van der Waals surface area contributed by atoms with Gasteiger partial charge in [0.25, 0.3) is 0 Å². The van der Waals surface area contributed by atoms with Crippen LogP contribution in [0.2, 0.25) is 0 Å². The maximum absolute atomic E-state index is 6.39. The standard InChI is InChI=1S/C17H26N2/c1-12(2)14-4-6-15(7-5-14)17(18)11-19-10-13-3-8-16(19)9-13/h4-7,12-13,16-17H,3,8-11,18H2,1-2H3. The van der Waals surface area contributed by atoms with Crippen molar-refractivity contribution < 1.29 is 0 Å². The second kappa shape index (κ2) is 5.26. The number of nitrogens with two attached hydrogens (primary N) is 1. The van der Waals surface area contributed by atoms with Gasteiger partial charge in [0.1, 0.15) is 0 Å². The Bertz CT molecular complexity index is 423. The van der Waals surface area contributed by atoms with Gasteiger partial charge < -0.3 is 5.73 Å². The topological polar surface area (TPSA) is 29.3 Å². The van der Waals surface area contributed by atoms with Crippen molar-refractivity contribution in [3.63, 3.8) is 0 Å². The molecule has 19 heavy (non-hydrogen) atoms. The number of fused-ring (bicyclic) bond motifs is 2. The minimum absolute atomic E-state index is 0.167. The van der Waals surface area contributed by atoms with Gasteiger partial charge in [-0.2, -0.15) is 0 Å². The molecule has 2 N–H and O–H groups in total. The van der Waals surface area contributed by atoms with Crippen LogP contribution in [0.3, 0.4) is 0 Å². The van der Waals surface area contributed by atoms with Crippen molar-refractivity contribution in [2.24, 2.45) is 11.7 Å². The van der Waals surface area contributed by atoms with E-state index in [9.17, 15) is 0 Å². The molecule has 2 fully saturated rings. The molecule has 1 aromatic carbocycles. The maximum atomic E-state index is 6.39. The van der Waals surface area contributed by atoms with E-state index in [1.54, 1.807) is 0 Å². The van der Waals surface area contributed by atoms with Crippen molar-refractivity contribution in [3.8, 4) is 0 Å². The smallest absolute Gasteiger partial charge is 0.0424 e. The van der Waals surface area contributed by atoms with Crippen LogP contribution in [0.4, 0.5) is 0 Å². The zero-order valence-electron chi connectivity index (χ0n) is 12.2. The first-order valence-electron chi connectivity index (χ1n) is 7.73. The third-order valence-electron chi connectivity index (χ3n) is 4.99. The Kier molecular flexibility index (Phi) is 3.64. The molecule has 3 rings (SSSR count). The Balaban J connectivity index is 1.62. The van der Waals surface area contributed by atoms with Crippen molar-refractivity contribution in [2.75, 3.05) is 13.1 Å². The minimum atomic E-state index is 0.167. The summed E-state index contributed by atoms with van der Waals surface area (Å²) in [6, 6.07) is 9.89. The van der Waals surface area contributed by atoms with E-state index in [1.807, 2.05) is 0 Å². The first-order chi connectivity index (χ1) is 9.13. The Morgan fingerprint density at radius 1 is 1.16 bits per heavy atom. The van der Waals surface area contributed by atoms with Crippen molar-refractivity contribution in [1.29, 1.82) is 0 Å². The molecule has 2 heteroatoms. The molecule has 1 saturated carbocycles. The molecule has 1 saturated heterocycles. The van der Waals surface area contributed by atoms with E-state index in [1.165, 1.54) is 36.9 Å². The van der Waals surface area contributed by atoms with Crippen LogP contribution in [0.15, 0.2) is 24.3 Å². The van der Waals surface area contributed by atoms with Crippen molar-refractivity contribution in [3.05, 3.63) is 35.4 Å². The highest BCUT2D eigenvalue weighted by Gasteiger charge is 2.37. The zero-order chi connectivity index (χ0) is 13.4. The van der Waals surface area contributed by atoms with E-state index in [-0.39, 0.29) is 6.04 Å². The second-order valence-electron chi connectivity index (χ2n) is 6.71. The van der Waals surface area contributed by atoms with Gasteiger partial charge in [-0.05, 0) is 42.2 Å². The third-order valence-corrected chi connectivity index (χ3v) is 4.99. The lowest BCUT2D eigenvalue weighted by molar-refractivity contribution is 0.202. The van der Waals surface area contributed by atoms with Crippen LogP contribution in [-0.4, -0.2) is 24.0 Å². The van der Waals surface area contributed by atoms with Crippen LogP contribution in [-0.2, 0) is 0 Å². The Hall–Kier alpha value is -0.860. The summed E-state index contributed by atoms with van der Waals surface area (Å²) in [6.45, 7) is 6.77. The Labute approximate surface area is 117 Å². The molecule has 2 nitrogen and oxygen atoms in total. The molecule has 1 aliphatic carbocycles. The highest BCUT2D eigenvalue weighted by molar-refractivity contribution is 5.27. The molecule has 0 amide bonds. The monoisotopic (exact) mass is 258 g/mol. The molecule has 0 aromatic heterocycles. The molecule has 2 aliphatic rings. The van der Waals surface area contributed by atoms with E-state index in [2.05, 4.69) is 43.0 Å². The molecule has 0 radical (unpaired) electrons. The van der Waals surface area contributed by atoms with Crippen LogP contribution < -0.4 is 5.73 Å². The minimum Gasteiger partial charge on any atom is -0.323 e. The molecule has 1 aliphatic heterocycles. The van der Waals surface area contributed by atoms with E-state index >= 15 is 0 Å². The number of hydrogen-bond donors (Lipinski definition) is 1. The number of benzene rings is 1. The fraction of sp³-hybridized carbons (Fsp3) is 0.647. The van der Waals surface area contributed by atoms with Crippen molar-refractivity contribution >= 4 is 0 Å². The van der Waals surface area contributed by atoms with Crippen LogP contribution in [0.5, 0.6) is 0 Å². The molecule has 3 atom stereocenters. The fourth-order valence-corrected chi connectivity index (χ4v) is 3.74. The van der Waals surface area contributed by atoms with Gasteiger partial charge in [0.2, 0.25) is 0 Å². The van der Waals surface area contributed by atoms with Crippen LogP contribution in [0, 0.1) is 5.92 Å². The van der Waals surface area contributed by atoms with Crippen LogP contribution in [0.1, 0.15) is 56.2 Å². The lowest BCUT2D eigenvalue weighted by Crippen LogP contribution is -2.37. The number of hydrogen-bond acceptors (Lipinski definition) is 2. The van der Waals surface area contributed by atoms with E-state index in [4.69, 9.17) is 5.73 Å². The summed E-state index contributed by atoms with van der Waals surface area (Å²) >= 11 is 0. The lowest BCUT2D eigenvalue weighted by Gasteiger charge is -2.29. The van der Waals surface area contributed by atoms with Crippen LogP contribution in [0.25, 0.3) is 0 Å². The van der Waals surface area contributed by atoms with Gasteiger partial charge in [-0.15, -0.1) is 0 Å². The molecule has 2 bridgehead atoms. The molecule has 3 unspecified atom stereocenters. The van der Waals surface area contributed by atoms with Gasteiger partial charge in [0, 0.05) is 25.2 Å². The normalized spacial score (nSPS) is 28.2. The summed E-state index contributed by atoms with van der Waals surface area (Å²) in [4.78, 5) is 2.62. The molecule has 104 valence electrons. The SMILES string of the molecule is CC(C)c1ccc(C(N)CN2CC3CCC2C3)cc1. The maximum Gasteiger partial charge on any atom is 0.0424 e. The van der Waals surface area contributed by atoms with Gasteiger partial charge in [0.15, 0.2) is 0 Å². The zero-order valence-corrected chi connectivity index (χ0v) is 12.2. The largest absolute Gasteiger partial charge is 0.323 e. The summed E-state index contributed by atoms with van der Waals surface area (Å²) in [5.41, 5.74) is 9.07. The van der Waals surface area contributed by atoms with E-state index in [0.29, 0.717) is 5.92 Å². The summed E-state index contributed by atoms with van der Waals surface area (Å²) in [7, 11) is 0. The van der Waals surface area contributed by atoms with Gasteiger partial charge in [0.05, 0.1) is 0 Å². The highest BCUT2D eigenvalue weighted by Crippen LogP contribution is 2.37. The number of rotatable bonds is 4. The quantitative estimate of drug-likeness (QED) is 0.898. The van der Waals surface area contributed by atoms with Crippen molar-refractivity contribution in [1.82, 2.24) is 4.90 Å². The summed E-state index contributed by atoms with van der Waals surface area (Å²) in [6.07, 6.45) is 4.25. The van der Waals surface area contributed by atoms with Crippen LogP contribution >= 0.6 is 0 Å². The number of piperidine rings is 1. The predicted molar refractivity (Wildman–Crippen MR) is 80.2 cm³/mol. The first-order valence-corrected chi connectivity index (χ1v) is 7.73. The molecular formula is C17H26N2. The second-order valence-corrected chi connectivity index (χ2v) is 6.71. The average molecular weight is 258 g/mol. The molecule has 1 heterocycles. The summed E-state index contributed by atoms with van der Waals surface area (Å²) < 4.78 is 0. The Morgan fingerprint density at radius 2 is 1.84 bits per heavy atom. The Morgan fingerprint density at radius 3 is 2.37 bits per heavy atom. The van der Waals surface area contributed by atoms with E-state index in [0.717, 1.165) is 18.5 Å². The van der Waals surface area contributed by atoms with Gasteiger partial charge in [-0.3, -0.25) is 4.90 Å². The van der Waals surface area contributed by atoms with Gasteiger partial charge in [-0.25, -0.2) is 0 Å². The van der Waals surface area contributed by atoms with E-state index < -0.39 is 0 Å². The molecule has 1 aromatic rings. The summed E-state index contributed by atoms with van der Waals surface area (Å²) in [5, 5.41) is 0.